The van der Waals surface area contributed by atoms with Crippen LogP contribution in [0, 0.1) is 0 Å². The zero-order valence-electron chi connectivity index (χ0n) is 16.2. The number of hydrogen-bond acceptors (Lipinski definition) is 5. The summed E-state index contributed by atoms with van der Waals surface area (Å²) in [5.41, 5.74) is 3.07. The van der Waals surface area contributed by atoms with Crippen molar-refractivity contribution in [1.82, 2.24) is 10.7 Å². The number of para-hydroxylation sites is 1. The second kappa shape index (κ2) is 11.2. The Morgan fingerprint density at radius 3 is 2.40 bits per heavy atom. The maximum Gasteiger partial charge on any atom is 0.329 e. The lowest BCUT2D eigenvalue weighted by molar-refractivity contribution is -0.139. The third-order valence-electron chi connectivity index (χ3n) is 3.42. The zero-order chi connectivity index (χ0) is 22.1. The molecule has 30 heavy (non-hydrogen) atoms. The molecule has 0 unspecified atom stereocenters. The Kier molecular flexibility index (Phi) is 8.64. The van der Waals surface area contributed by atoms with Crippen LogP contribution in [0.15, 0.2) is 47.6 Å². The number of carbonyl (C=O) groups excluding carboxylic acids is 3. The lowest BCUT2D eigenvalue weighted by atomic mass is 10.2. The van der Waals surface area contributed by atoms with E-state index >= 15 is 0 Å². The van der Waals surface area contributed by atoms with Crippen LogP contribution in [-0.2, 0) is 14.4 Å². The van der Waals surface area contributed by atoms with Gasteiger partial charge in [0.1, 0.15) is 5.75 Å². The molecule has 2 aromatic rings. The molecule has 0 aromatic heterocycles. The van der Waals surface area contributed by atoms with Crippen LogP contribution in [0.3, 0.4) is 0 Å². The molecule has 158 valence electrons. The molecular weight excluding hydrogens is 431 g/mol. The largest absolute Gasteiger partial charge is 0.483 e. The van der Waals surface area contributed by atoms with Crippen LogP contribution < -0.4 is 20.8 Å². The highest BCUT2D eigenvalue weighted by Crippen LogP contribution is 2.22. The molecule has 0 bridgehead atoms. The average molecular weight is 451 g/mol. The Labute approximate surface area is 183 Å². The van der Waals surface area contributed by atoms with E-state index in [-0.39, 0.29) is 12.6 Å². The molecule has 0 fully saturated rings. The maximum absolute atomic E-state index is 12.1. The van der Waals surface area contributed by atoms with Gasteiger partial charge in [-0.25, -0.2) is 5.43 Å². The maximum atomic E-state index is 12.1. The summed E-state index contributed by atoms with van der Waals surface area (Å²) < 4.78 is 5.53. The minimum atomic E-state index is -0.891. The van der Waals surface area contributed by atoms with Gasteiger partial charge in [0.25, 0.3) is 5.91 Å². The predicted octanol–water partition coefficient (Wildman–Crippen LogP) is 2.99. The van der Waals surface area contributed by atoms with Gasteiger partial charge in [-0.2, -0.15) is 5.10 Å². The first-order valence-corrected chi connectivity index (χ1v) is 9.62. The first-order chi connectivity index (χ1) is 14.2. The number of hydrazone groups is 1. The first kappa shape index (κ1) is 23.2. The third-order valence-corrected chi connectivity index (χ3v) is 3.86. The zero-order valence-corrected chi connectivity index (χ0v) is 17.8. The van der Waals surface area contributed by atoms with Gasteiger partial charge in [-0.15, -0.1) is 0 Å². The second-order valence-corrected chi connectivity index (χ2v) is 7.23. The number of benzene rings is 2. The van der Waals surface area contributed by atoms with E-state index in [9.17, 15) is 14.4 Å². The number of halogens is 2. The molecular formula is C20H20Cl2N4O4. The molecule has 10 heteroatoms. The van der Waals surface area contributed by atoms with E-state index in [1.165, 1.54) is 6.21 Å². The second-order valence-electron chi connectivity index (χ2n) is 6.36. The number of amides is 3. The lowest BCUT2D eigenvalue weighted by Gasteiger charge is -2.10. The standard InChI is InChI=1S/C20H20Cl2N4O4/c1-12(2)24-19(28)20(29)26-23-10-13-5-3-4-6-17(13)30-11-18(27)25-16-8-14(21)7-15(22)9-16/h3-10,12H,11H2,1-2H3,(H,24,28)(H,25,27)(H,26,29)/b23-10-. The third kappa shape index (κ3) is 7.73. The quantitative estimate of drug-likeness (QED) is 0.342. The molecule has 0 aliphatic carbocycles. The van der Waals surface area contributed by atoms with Gasteiger partial charge in [-0.1, -0.05) is 35.3 Å². The van der Waals surface area contributed by atoms with Crippen molar-refractivity contribution in [1.29, 1.82) is 0 Å². The van der Waals surface area contributed by atoms with Gasteiger partial charge in [-0.3, -0.25) is 14.4 Å². The number of carbonyl (C=O) groups is 3. The smallest absolute Gasteiger partial charge is 0.329 e. The van der Waals surface area contributed by atoms with Crippen LogP contribution in [0.25, 0.3) is 0 Å². The molecule has 3 amide bonds. The Morgan fingerprint density at radius 2 is 1.73 bits per heavy atom. The summed E-state index contributed by atoms with van der Waals surface area (Å²) in [5.74, 6) is -1.73. The van der Waals surface area contributed by atoms with Crippen LogP contribution in [0.4, 0.5) is 5.69 Å². The Hall–Kier alpha value is -3.10. The van der Waals surface area contributed by atoms with Crippen LogP contribution in [0.5, 0.6) is 5.75 Å². The molecule has 2 rings (SSSR count). The highest BCUT2D eigenvalue weighted by molar-refractivity contribution is 6.35. The highest BCUT2D eigenvalue weighted by Gasteiger charge is 2.13. The Bertz CT molecular complexity index is 943. The Balaban J connectivity index is 1.94. The average Bonchev–Trinajstić information content (AvgIpc) is 2.65. The van der Waals surface area contributed by atoms with E-state index in [4.69, 9.17) is 27.9 Å². The van der Waals surface area contributed by atoms with Crippen LogP contribution in [-0.4, -0.2) is 36.6 Å². The van der Waals surface area contributed by atoms with Crippen molar-refractivity contribution in [2.45, 2.75) is 19.9 Å². The van der Waals surface area contributed by atoms with Crippen molar-refractivity contribution in [2.24, 2.45) is 5.10 Å². The molecule has 0 saturated heterocycles. The summed E-state index contributed by atoms with van der Waals surface area (Å²) >= 11 is 11.8. The van der Waals surface area contributed by atoms with Gasteiger partial charge >= 0.3 is 11.8 Å². The molecule has 0 aliphatic heterocycles. The summed E-state index contributed by atoms with van der Waals surface area (Å²) in [6, 6.07) is 11.3. The molecule has 0 aliphatic rings. The van der Waals surface area contributed by atoms with E-state index in [0.29, 0.717) is 27.0 Å². The van der Waals surface area contributed by atoms with Crippen molar-refractivity contribution >= 4 is 52.8 Å². The van der Waals surface area contributed by atoms with E-state index in [2.05, 4.69) is 21.2 Å². The van der Waals surface area contributed by atoms with E-state index in [1.807, 2.05) is 0 Å². The fourth-order valence-corrected chi connectivity index (χ4v) is 2.75. The molecule has 2 aromatic carbocycles. The van der Waals surface area contributed by atoms with Gasteiger partial charge in [0.15, 0.2) is 6.61 Å². The van der Waals surface area contributed by atoms with Gasteiger partial charge in [0.05, 0.1) is 6.21 Å². The molecule has 0 heterocycles. The molecule has 0 radical (unpaired) electrons. The SMILES string of the molecule is CC(C)NC(=O)C(=O)N/N=C\c1ccccc1OCC(=O)Nc1cc(Cl)cc(Cl)c1. The van der Waals surface area contributed by atoms with Gasteiger partial charge < -0.3 is 15.4 Å². The van der Waals surface area contributed by atoms with Gasteiger partial charge in [0.2, 0.25) is 0 Å². The van der Waals surface area contributed by atoms with Gasteiger partial charge in [0, 0.05) is 27.3 Å². The highest BCUT2D eigenvalue weighted by atomic mass is 35.5. The van der Waals surface area contributed by atoms with Gasteiger partial charge in [-0.05, 0) is 44.2 Å². The molecule has 8 nitrogen and oxygen atoms in total. The van der Waals surface area contributed by atoms with Crippen LogP contribution >= 0.6 is 23.2 Å². The summed E-state index contributed by atoms with van der Waals surface area (Å²) in [4.78, 5) is 35.3. The fourth-order valence-electron chi connectivity index (χ4n) is 2.22. The summed E-state index contributed by atoms with van der Waals surface area (Å²) in [7, 11) is 0. The van der Waals surface area contributed by atoms with E-state index in [0.717, 1.165) is 0 Å². The van der Waals surface area contributed by atoms with E-state index in [1.54, 1.807) is 56.3 Å². The Morgan fingerprint density at radius 1 is 1.07 bits per heavy atom. The molecule has 0 saturated carbocycles. The normalized spacial score (nSPS) is 10.7. The molecule has 0 spiro atoms. The van der Waals surface area contributed by atoms with Crippen molar-refractivity contribution < 1.29 is 19.1 Å². The minimum absolute atomic E-state index is 0.171. The number of hydrogen-bond donors (Lipinski definition) is 3. The minimum Gasteiger partial charge on any atom is -0.483 e. The number of anilines is 1. The van der Waals surface area contributed by atoms with Crippen molar-refractivity contribution in [2.75, 3.05) is 11.9 Å². The van der Waals surface area contributed by atoms with E-state index < -0.39 is 17.7 Å². The number of ether oxygens (including phenoxy) is 1. The lowest BCUT2D eigenvalue weighted by Crippen LogP contribution is -2.41. The fraction of sp³-hybridized carbons (Fsp3) is 0.200. The van der Waals surface area contributed by atoms with Crippen molar-refractivity contribution in [3.8, 4) is 5.75 Å². The summed E-state index contributed by atoms with van der Waals surface area (Å²) in [6.07, 6.45) is 1.31. The van der Waals surface area contributed by atoms with Crippen LogP contribution in [0.1, 0.15) is 19.4 Å². The monoisotopic (exact) mass is 450 g/mol. The van der Waals surface area contributed by atoms with Crippen molar-refractivity contribution in [3.05, 3.63) is 58.1 Å². The summed E-state index contributed by atoms with van der Waals surface area (Å²) in [5, 5.41) is 9.62. The number of nitrogens with one attached hydrogen (secondary N) is 3. The first-order valence-electron chi connectivity index (χ1n) is 8.86. The van der Waals surface area contributed by atoms with Crippen LogP contribution in [0.2, 0.25) is 10.0 Å². The summed E-state index contributed by atoms with van der Waals surface area (Å²) in [6.45, 7) is 3.19. The predicted molar refractivity (Wildman–Crippen MR) is 116 cm³/mol. The number of rotatable bonds is 7. The molecule has 0 atom stereocenters. The molecule has 3 N–H and O–H groups in total. The topological polar surface area (TPSA) is 109 Å². The number of nitrogens with zero attached hydrogens (tertiary/aromatic N) is 1. The van der Waals surface area contributed by atoms with Crippen molar-refractivity contribution in [3.63, 3.8) is 0 Å².